The number of amides is 1. The van der Waals surface area contributed by atoms with Crippen molar-refractivity contribution in [2.75, 3.05) is 0 Å². The van der Waals surface area contributed by atoms with Crippen LogP contribution >= 0.6 is 27.5 Å². The third-order valence-electron chi connectivity index (χ3n) is 2.69. The van der Waals surface area contributed by atoms with Gasteiger partial charge in [0.2, 0.25) is 0 Å². The minimum Gasteiger partial charge on any atom is -0.268 e. The summed E-state index contributed by atoms with van der Waals surface area (Å²) in [5.41, 5.74) is 0.492. The van der Waals surface area contributed by atoms with E-state index in [1.165, 1.54) is 42.5 Å². The highest BCUT2D eigenvalue weighted by molar-refractivity contribution is 9.10. The molecule has 0 radical (unpaired) electrons. The Morgan fingerprint density at radius 2 is 1.82 bits per heavy atom. The Kier molecular flexibility index (Phi) is 4.86. The summed E-state index contributed by atoms with van der Waals surface area (Å²) in [6, 6.07) is 11.7. The van der Waals surface area contributed by atoms with E-state index in [0.717, 1.165) is 0 Å². The second-order valence-electron chi connectivity index (χ2n) is 4.20. The molecule has 0 aliphatic heterocycles. The lowest BCUT2D eigenvalue weighted by molar-refractivity contribution is 0.0981. The van der Waals surface area contributed by atoms with Gasteiger partial charge in [-0.3, -0.25) is 4.79 Å². The Balaban J connectivity index is 2.27. The number of carbonyl (C=O) groups is 1. The third-order valence-corrected chi connectivity index (χ3v) is 4.99. The van der Waals surface area contributed by atoms with Gasteiger partial charge in [0.05, 0.1) is 16.7 Å². The molecule has 2 aromatic carbocycles. The molecule has 22 heavy (non-hydrogen) atoms. The number of hydrogen-bond donors (Lipinski definition) is 1. The molecule has 0 spiro atoms. The zero-order valence-electron chi connectivity index (χ0n) is 10.9. The number of rotatable bonds is 3. The summed E-state index contributed by atoms with van der Waals surface area (Å²) in [6.07, 6.45) is 0. The Morgan fingerprint density at radius 3 is 2.36 bits per heavy atom. The van der Waals surface area contributed by atoms with E-state index in [0.29, 0.717) is 10.0 Å². The van der Waals surface area contributed by atoms with E-state index >= 15 is 0 Å². The van der Waals surface area contributed by atoms with E-state index in [1.807, 2.05) is 10.8 Å². The number of carbonyl (C=O) groups excluding carboxylic acids is 1. The number of sulfonamides is 1. The van der Waals surface area contributed by atoms with Crippen LogP contribution in [0.1, 0.15) is 15.9 Å². The fourth-order valence-corrected chi connectivity index (χ4v) is 3.64. The molecule has 0 saturated carbocycles. The summed E-state index contributed by atoms with van der Waals surface area (Å²) >= 11 is 9.06. The molecule has 0 unspecified atom stereocenters. The maximum Gasteiger partial charge on any atom is 0.265 e. The van der Waals surface area contributed by atoms with Gasteiger partial charge < -0.3 is 0 Å². The SMILES string of the molecule is N#Cc1ccc(C(=O)NS(=O)(=O)c2ccc(Br)cc2Cl)cc1. The molecular weight excluding hydrogens is 392 g/mol. The largest absolute Gasteiger partial charge is 0.268 e. The molecule has 1 N–H and O–H groups in total. The number of nitrogens with zero attached hydrogens (tertiary/aromatic N) is 1. The molecule has 0 fully saturated rings. The Hall–Kier alpha value is -1.88. The van der Waals surface area contributed by atoms with E-state index in [4.69, 9.17) is 16.9 Å². The van der Waals surface area contributed by atoms with Crippen LogP contribution < -0.4 is 4.72 Å². The van der Waals surface area contributed by atoms with Gasteiger partial charge in [0.15, 0.2) is 0 Å². The van der Waals surface area contributed by atoms with E-state index < -0.39 is 15.9 Å². The van der Waals surface area contributed by atoms with Gasteiger partial charge in [-0.1, -0.05) is 27.5 Å². The molecule has 1 amide bonds. The zero-order valence-corrected chi connectivity index (χ0v) is 14.0. The van der Waals surface area contributed by atoms with Gasteiger partial charge in [-0.15, -0.1) is 0 Å². The molecule has 0 atom stereocenters. The van der Waals surface area contributed by atoms with Crippen LogP contribution in [0, 0.1) is 11.3 Å². The van der Waals surface area contributed by atoms with Crippen LogP contribution in [0.4, 0.5) is 0 Å². The molecule has 2 rings (SSSR count). The van der Waals surface area contributed by atoms with E-state index in [-0.39, 0.29) is 15.5 Å². The van der Waals surface area contributed by atoms with Crippen molar-refractivity contribution in [2.24, 2.45) is 0 Å². The van der Waals surface area contributed by atoms with Gasteiger partial charge >= 0.3 is 0 Å². The van der Waals surface area contributed by atoms with Crippen LogP contribution in [0.5, 0.6) is 0 Å². The lowest BCUT2D eigenvalue weighted by atomic mass is 10.1. The Labute approximate surface area is 140 Å². The van der Waals surface area contributed by atoms with Crippen LogP contribution in [0.25, 0.3) is 0 Å². The molecule has 2 aromatic rings. The first-order valence-corrected chi connectivity index (χ1v) is 8.51. The summed E-state index contributed by atoms with van der Waals surface area (Å²) in [5.74, 6) is -0.802. The summed E-state index contributed by atoms with van der Waals surface area (Å²) < 4.78 is 26.9. The molecule has 0 aliphatic carbocycles. The first kappa shape index (κ1) is 16.5. The fraction of sp³-hybridized carbons (Fsp3) is 0. The van der Waals surface area contributed by atoms with Gasteiger partial charge in [0, 0.05) is 10.0 Å². The van der Waals surface area contributed by atoms with Crippen molar-refractivity contribution in [2.45, 2.75) is 4.90 Å². The van der Waals surface area contributed by atoms with Gasteiger partial charge in [-0.05, 0) is 42.5 Å². The molecule has 0 saturated heterocycles. The predicted molar refractivity (Wildman–Crippen MR) is 85.0 cm³/mol. The van der Waals surface area contributed by atoms with Gasteiger partial charge in [-0.2, -0.15) is 5.26 Å². The van der Waals surface area contributed by atoms with Crippen LogP contribution in [0.3, 0.4) is 0 Å². The number of benzene rings is 2. The van der Waals surface area contributed by atoms with Crippen molar-refractivity contribution in [1.82, 2.24) is 4.72 Å². The summed E-state index contributed by atoms with van der Waals surface area (Å²) in [6.45, 7) is 0. The van der Waals surface area contributed by atoms with Crippen LogP contribution in [-0.4, -0.2) is 14.3 Å². The first-order valence-electron chi connectivity index (χ1n) is 5.86. The fourth-order valence-electron chi connectivity index (χ4n) is 1.63. The average molecular weight is 400 g/mol. The Morgan fingerprint density at radius 1 is 1.18 bits per heavy atom. The van der Waals surface area contributed by atoms with Gasteiger partial charge in [0.1, 0.15) is 4.90 Å². The first-order chi connectivity index (χ1) is 10.3. The lowest BCUT2D eigenvalue weighted by Gasteiger charge is -2.08. The molecule has 112 valence electrons. The van der Waals surface area contributed by atoms with E-state index in [2.05, 4.69) is 15.9 Å². The highest BCUT2D eigenvalue weighted by atomic mass is 79.9. The predicted octanol–water partition coefficient (Wildman–Crippen LogP) is 3.09. The molecule has 0 aromatic heterocycles. The number of hydrogen-bond acceptors (Lipinski definition) is 4. The van der Waals surface area contributed by atoms with Gasteiger partial charge in [-0.25, -0.2) is 13.1 Å². The second kappa shape index (κ2) is 6.48. The Bertz CT molecular complexity index is 874. The molecule has 0 bridgehead atoms. The quantitative estimate of drug-likeness (QED) is 0.859. The average Bonchev–Trinajstić information content (AvgIpc) is 2.46. The standard InChI is InChI=1S/C14H8BrClN2O3S/c15-11-5-6-13(12(16)7-11)22(20,21)18-14(19)10-3-1-9(8-17)2-4-10/h1-7H,(H,18,19). The maximum absolute atomic E-state index is 12.2. The maximum atomic E-state index is 12.2. The number of halogens is 2. The van der Waals surface area contributed by atoms with Gasteiger partial charge in [0.25, 0.3) is 15.9 Å². The molecular formula is C14H8BrClN2O3S. The smallest absolute Gasteiger partial charge is 0.265 e. The zero-order chi connectivity index (χ0) is 16.3. The van der Waals surface area contributed by atoms with Crippen molar-refractivity contribution < 1.29 is 13.2 Å². The minimum atomic E-state index is -4.09. The second-order valence-corrected chi connectivity index (χ2v) is 7.17. The van der Waals surface area contributed by atoms with Crippen molar-refractivity contribution >= 4 is 43.5 Å². The summed E-state index contributed by atoms with van der Waals surface area (Å²) in [4.78, 5) is 11.8. The molecule has 0 aliphatic rings. The van der Waals surface area contributed by atoms with Crippen LogP contribution in [0.15, 0.2) is 51.8 Å². The molecule has 5 nitrogen and oxygen atoms in total. The van der Waals surface area contributed by atoms with Crippen LogP contribution in [0.2, 0.25) is 5.02 Å². The molecule has 0 heterocycles. The van der Waals surface area contributed by atoms with Crippen molar-refractivity contribution in [1.29, 1.82) is 5.26 Å². The van der Waals surface area contributed by atoms with Crippen molar-refractivity contribution in [3.05, 3.63) is 63.1 Å². The van der Waals surface area contributed by atoms with E-state index in [9.17, 15) is 13.2 Å². The van der Waals surface area contributed by atoms with Crippen molar-refractivity contribution in [3.63, 3.8) is 0 Å². The van der Waals surface area contributed by atoms with Crippen molar-refractivity contribution in [3.8, 4) is 6.07 Å². The third kappa shape index (κ3) is 3.65. The highest BCUT2D eigenvalue weighted by Crippen LogP contribution is 2.25. The summed E-state index contributed by atoms with van der Waals surface area (Å²) in [5, 5.41) is 8.69. The summed E-state index contributed by atoms with van der Waals surface area (Å²) in [7, 11) is -4.09. The topological polar surface area (TPSA) is 87.0 Å². The number of nitrogens with one attached hydrogen (secondary N) is 1. The minimum absolute atomic E-state index is 0.00509. The number of nitriles is 1. The van der Waals surface area contributed by atoms with Crippen LogP contribution in [-0.2, 0) is 10.0 Å². The normalized spacial score (nSPS) is 10.8. The lowest BCUT2D eigenvalue weighted by Crippen LogP contribution is -2.30. The highest BCUT2D eigenvalue weighted by Gasteiger charge is 2.21. The molecule has 8 heteroatoms. The van der Waals surface area contributed by atoms with E-state index in [1.54, 1.807) is 0 Å². The monoisotopic (exact) mass is 398 g/mol.